The molecule has 1 aliphatic heterocycles. The largest absolute Gasteiger partial charge is 0.490 e. The van der Waals surface area contributed by atoms with E-state index in [1.165, 1.54) is 4.90 Å². The van der Waals surface area contributed by atoms with Crippen molar-refractivity contribution in [2.75, 3.05) is 6.61 Å². The Labute approximate surface area is 173 Å². The van der Waals surface area contributed by atoms with Gasteiger partial charge in [-0.3, -0.25) is 14.5 Å². The lowest BCUT2D eigenvalue weighted by atomic mass is 10.0. The van der Waals surface area contributed by atoms with Crippen LogP contribution in [0, 0.1) is 0 Å². The molecule has 5 heteroatoms. The third-order valence-electron chi connectivity index (χ3n) is 4.63. The molecule has 4 rings (SSSR count). The summed E-state index contributed by atoms with van der Waals surface area (Å²) in [4.78, 5) is 27.1. The maximum atomic E-state index is 12.8. The fourth-order valence-corrected chi connectivity index (χ4v) is 4.04. The molecule has 3 aromatic carbocycles. The van der Waals surface area contributed by atoms with E-state index in [4.69, 9.17) is 4.74 Å². The van der Waals surface area contributed by atoms with Crippen molar-refractivity contribution in [2.45, 2.75) is 6.54 Å². The Morgan fingerprint density at radius 3 is 2.52 bits per heavy atom. The van der Waals surface area contributed by atoms with Gasteiger partial charge in [0, 0.05) is 0 Å². The zero-order valence-electron chi connectivity index (χ0n) is 15.7. The maximum absolute atomic E-state index is 12.8. The first-order valence-electron chi connectivity index (χ1n) is 9.21. The van der Waals surface area contributed by atoms with Crippen LogP contribution in [0.15, 0.2) is 84.3 Å². The van der Waals surface area contributed by atoms with Crippen LogP contribution in [-0.4, -0.2) is 22.7 Å². The number of carbonyl (C=O) groups is 2. The van der Waals surface area contributed by atoms with Crippen LogP contribution in [0.3, 0.4) is 0 Å². The molecule has 0 unspecified atom stereocenters. The number of nitrogens with zero attached hydrogens (tertiary/aromatic N) is 1. The van der Waals surface area contributed by atoms with E-state index in [1.807, 2.05) is 66.7 Å². The third-order valence-corrected chi connectivity index (χ3v) is 5.54. The average Bonchev–Trinajstić information content (AvgIpc) is 3.01. The molecule has 0 aliphatic carbocycles. The summed E-state index contributed by atoms with van der Waals surface area (Å²) in [5.41, 5.74) is 1.79. The van der Waals surface area contributed by atoms with Crippen LogP contribution in [0.2, 0.25) is 0 Å². The predicted octanol–water partition coefficient (Wildman–Crippen LogP) is 5.64. The van der Waals surface area contributed by atoms with Crippen LogP contribution < -0.4 is 4.74 Å². The van der Waals surface area contributed by atoms with Crippen LogP contribution >= 0.6 is 11.8 Å². The van der Waals surface area contributed by atoms with Gasteiger partial charge in [-0.1, -0.05) is 67.3 Å². The van der Waals surface area contributed by atoms with Crippen molar-refractivity contribution in [3.63, 3.8) is 0 Å². The van der Waals surface area contributed by atoms with Gasteiger partial charge in [0.2, 0.25) is 0 Å². The predicted molar refractivity (Wildman–Crippen MR) is 118 cm³/mol. The SMILES string of the molecule is C=CCOc1ccc(/C=C2\SC(=O)N(Cc3cccc4ccccc34)C2=O)cc1. The van der Waals surface area contributed by atoms with Crippen LogP contribution in [-0.2, 0) is 11.3 Å². The minimum absolute atomic E-state index is 0.250. The highest BCUT2D eigenvalue weighted by atomic mass is 32.2. The quantitative estimate of drug-likeness (QED) is 0.396. The molecule has 0 N–H and O–H groups in total. The molecule has 3 aromatic rings. The van der Waals surface area contributed by atoms with E-state index in [0.29, 0.717) is 11.5 Å². The lowest BCUT2D eigenvalue weighted by Gasteiger charge is -2.14. The number of benzene rings is 3. The van der Waals surface area contributed by atoms with E-state index < -0.39 is 0 Å². The first-order valence-corrected chi connectivity index (χ1v) is 10.0. The standard InChI is InChI=1S/C24H19NO3S/c1-2-14-28-20-12-10-17(11-13-20)15-22-23(26)25(24(27)29-22)16-19-8-5-7-18-6-3-4-9-21(18)19/h2-13,15H,1,14,16H2/b22-15-. The van der Waals surface area contributed by atoms with Crippen molar-refractivity contribution in [2.24, 2.45) is 0 Å². The molecule has 0 atom stereocenters. The minimum Gasteiger partial charge on any atom is -0.490 e. The van der Waals surface area contributed by atoms with Crippen molar-refractivity contribution < 1.29 is 14.3 Å². The number of rotatable bonds is 6. The Kier molecular flexibility index (Phi) is 5.49. The number of fused-ring (bicyclic) bond motifs is 1. The third kappa shape index (κ3) is 4.10. The van der Waals surface area contributed by atoms with E-state index in [1.54, 1.807) is 12.2 Å². The summed E-state index contributed by atoms with van der Waals surface area (Å²) in [5, 5.41) is 1.89. The summed E-state index contributed by atoms with van der Waals surface area (Å²) >= 11 is 0.973. The fourth-order valence-electron chi connectivity index (χ4n) is 3.20. The van der Waals surface area contributed by atoms with Gasteiger partial charge in [0.1, 0.15) is 12.4 Å². The van der Waals surface area contributed by atoms with Crippen molar-refractivity contribution in [3.05, 3.63) is 95.4 Å². The van der Waals surface area contributed by atoms with Crippen molar-refractivity contribution in [3.8, 4) is 5.75 Å². The van der Waals surface area contributed by atoms with E-state index in [2.05, 4.69) is 6.58 Å². The van der Waals surface area contributed by atoms with Gasteiger partial charge in [-0.25, -0.2) is 0 Å². The van der Waals surface area contributed by atoms with Gasteiger partial charge in [-0.05, 0) is 51.9 Å². The Bertz CT molecular complexity index is 1110. The average molecular weight is 401 g/mol. The van der Waals surface area contributed by atoms with E-state index in [-0.39, 0.29) is 17.7 Å². The Morgan fingerprint density at radius 1 is 0.966 bits per heavy atom. The van der Waals surface area contributed by atoms with Gasteiger partial charge in [0.05, 0.1) is 11.4 Å². The van der Waals surface area contributed by atoms with Crippen molar-refractivity contribution in [1.29, 1.82) is 0 Å². The molecular weight excluding hydrogens is 382 g/mol. The number of imide groups is 1. The second-order valence-electron chi connectivity index (χ2n) is 6.57. The van der Waals surface area contributed by atoms with Crippen LogP contribution in [0.5, 0.6) is 5.75 Å². The second kappa shape index (κ2) is 8.37. The molecule has 1 heterocycles. The van der Waals surface area contributed by atoms with E-state index in [0.717, 1.165) is 39.4 Å². The summed E-state index contributed by atoms with van der Waals surface area (Å²) in [5.74, 6) is 0.464. The Hall–Kier alpha value is -3.31. The van der Waals surface area contributed by atoms with Crippen LogP contribution in [0.25, 0.3) is 16.8 Å². The van der Waals surface area contributed by atoms with Gasteiger partial charge >= 0.3 is 0 Å². The normalized spacial score (nSPS) is 15.3. The smallest absolute Gasteiger partial charge is 0.293 e. The van der Waals surface area contributed by atoms with Gasteiger partial charge < -0.3 is 4.74 Å². The summed E-state index contributed by atoms with van der Waals surface area (Å²) in [7, 11) is 0. The first kappa shape index (κ1) is 19.0. The van der Waals surface area contributed by atoms with E-state index in [9.17, 15) is 9.59 Å². The maximum Gasteiger partial charge on any atom is 0.293 e. The highest BCUT2D eigenvalue weighted by Gasteiger charge is 2.35. The number of ether oxygens (including phenoxy) is 1. The zero-order valence-corrected chi connectivity index (χ0v) is 16.5. The fraction of sp³-hybridized carbons (Fsp3) is 0.0833. The molecule has 0 radical (unpaired) electrons. The summed E-state index contributed by atoms with van der Waals surface area (Å²) in [6.45, 7) is 4.32. The lowest BCUT2D eigenvalue weighted by Crippen LogP contribution is -2.27. The molecule has 29 heavy (non-hydrogen) atoms. The highest BCUT2D eigenvalue weighted by Crippen LogP contribution is 2.34. The Morgan fingerprint density at radius 2 is 1.72 bits per heavy atom. The molecule has 0 aromatic heterocycles. The second-order valence-corrected chi connectivity index (χ2v) is 7.57. The molecule has 0 bridgehead atoms. The molecule has 1 saturated heterocycles. The monoisotopic (exact) mass is 401 g/mol. The molecule has 4 nitrogen and oxygen atoms in total. The number of hydrogen-bond donors (Lipinski definition) is 0. The molecule has 144 valence electrons. The van der Waals surface area contributed by atoms with Crippen molar-refractivity contribution in [1.82, 2.24) is 4.90 Å². The minimum atomic E-state index is -0.264. The molecular formula is C24H19NO3S. The van der Waals surface area contributed by atoms with E-state index >= 15 is 0 Å². The highest BCUT2D eigenvalue weighted by molar-refractivity contribution is 8.18. The van der Waals surface area contributed by atoms with Gasteiger partial charge in [-0.15, -0.1) is 0 Å². The first-order chi connectivity index (χ1) is 14.2. The summed E-state index contributed by atoms with van der Waals surface area (Å²) < 4.78 is 5.46. The number of amides is 2. The molecule has 0 saturated carbocycles. The molecule has 1 aliphatic rings. The lowest BCUT2D eigenvalue weighted by molar-refractivity contribution is -0.123. The topological polar surface area (TPSA) is 46.6 Å². The zero-order chi connectivity index (χ0) is 20.2. The van der Waals surface area contributed by atoms with Gasteiger partial charge in [-0.2, -0.15) is 0 Å². The van der Waals surface area contributed by atoms with Crippen molar-refractivity contribution >= 4 is 39.8 Å². The van der Waals surface area contributed by atoms with Gasteiger partial charge in [0.15, 0.2) is 0 Å². The van der Waals surface area contributed by atoms with Crippen LogP contribution in [0.1, 0.15) is 11.1 Å². The molecule has 0 spiro atoms. The molecule has 2 amide bonds. The number of carbonyl (C=O) groups excluding carboxylic acids is 2. The molecule has 1 fully saturated rings. The van der Waals surface area contributed by atoms with Gasteiger partial charge in [0.25, 0.3) is 11.1 Å². The Balaban J connectivity index is 1.54. The summed E-state index contributed by atoms with van der Waals surface area (Å²) in [6, 6.07) is 21.3. The number of hydrogen-bond acceptors (Lipinski definition) is 4. The summed E-state index contributed by atoms with van der Waals surface area (Å²) in [6.07, 6.45) is 3.42. The van der Waals surface area contributed by atoms with Crippen LogP contribution in [0.4, 0.5) is 4.79 Å². The number of thioether (sulfide) groups is 1.